The fourth-order valence-corrected chi connectivity index (χ4v) is 0. The van der Waals surface area contributed by atoms with Crippen LogP contribution in [0.25, 0.3) is 0 Å². The van der Waals surface area contributed by atoms with Crippen molar-refractivity contribution >= 4 is 23.2 Å². The molecule has 0 spiro atoms. The van der Waals surface area contributed by atoms with Crippen molar-refractivity contribution in [1.82, 2.24) is 0 Å². The minimum atomic E-state index is 0.194. The van der Waals surface area contributed by atoms with Crippen LogP contribution in [0.15, 0.2) is 13.2 Å². The third-order valence-corrected chi connectivity index (χ3v) is 0. The molecule has 0 radical (unpaired) electrons. The number of halogens is 2. The zero-order chi connectivity index (χ0) is 4.71. The zero-order valence-electron chi connectivity index (χ0n) is 2.88. The van der Waals surface area contributed by atoms with Gasteiger partial charge in [-0.05, 0) is 0 Å². The quantitative estimate of drug-likeness (QED) is 0.333. The summed E-state index contributed by atoms with van der Waals surface area (Å²) in [6.45, 7) is 6.00. The lowest BCUT2D eigenvalue weighted by Crippen LogP contribution is -1.24. The van der Waals surface area contributed by atoms with Gasteiger partial charge in [0.1, 0.15) is 0 Å². The molecule has 0 atom stereocenters. The molecule has 2 heteroatoms. The first-order valence-corrected chi connectivity index (χ1v) is 2.10. The molecule has 0 amide bonds. The van der Waals surface area contributed by atoms with Gasteiger partial charge in [0, 0.05) is 0 Å². The maximum Gasteiger partial charge on any atom is 0.0967 e. The Morgan fingerprint density at radius 2 is 1.20 bits per heavy atom. The maximum atomic E-state index is 4.76. The number of rotatable bonds is 0. The van der Waals surface area contributed by atoms with Crippen LogP contribution in [-0.2, 0) is 0 Å². The molecule has 32 valence electrons. The molecule has 0 heterocycles. The van der Waals surface area contributed by atoms with Crippen LogP contribution in [0.2, 0.25) is 0 Å². The number of hydrogen-bond donors (Lipinski definition) is 0. The Labute approximate surface area is 42.4 Å². The van der Waals surface area contributed by atoms with E-state index in [1.165, 1.54) is 0 Å². The zero-order valence-corrected chi connectivity index (χ0v) is 4.39. The van der Waals surface area contributed by atoms with Gasteiger partial charge in [0.25, 0.3) is 0 Å². The highest BCUT2D eigenvalue weighted by Gasteiger charge is 1.41. The van der Waals surface area contributed by atoms with E-state index < -0.39 is 0 Å². The van der Waals surface area contributed by atoms with E-state index in [1.54, 1.807) is 0 Å². The average molecular weight is 113 g/mol. The fraction of sp³-hybridized carbons (Fsp3) is 0.333. The Morgan fingerprint density at radius 3 is 1.20 bits per heavy atom. The standard InChI is InChI=1S/C2H4.CH2Cl2/c1-2;2-1-3/h1-2H2;1H2. The molecular weight excluding hydrogens is 107 g/mol. The molecular formula is C3H6Cl2. The van der Waals surface area contributed by atoms with Crippen molar-refractivity contribution in [3.63, 3.8) is 0 Å². The van der Waals surface area contributed by atoms with Gasteiger partial charge < -0.3 is 0 Å². The minimum absolute atomic E-state index is 0.194. The van der Waals surface area contributed by atoms with Crippen LogP contribution in [0.1, 0.15) is 0 Å². The topological polar surface area (TPSA) is 0 Å². The molecule has 0 aromatic heterocycles. The van der Waals surface area contributed by atoms with Crippen molar-refractivity contribution in [1.29, 1.82) is 0 Å². The molecule has 0 saturated carbocycles. The maximum absolute atomic E-state index is 4.76. The first-order valence-electron chi connectivity index (χ1n) is 1.03. The third-order valence-electron chi connectivity index (χ3n) is 0. The summed E-state index contributed by atoms with van der Waals surface area (Å²) in [7, 11) is 0. The lowest BCUT2D eigenvalue weighted by atomic mass is 11.3. The molecule has 0 bridgehead atoms. The van der Waals surface area contributed by atoms with E-state index in [0.717, 1.165) is 0 Å². The van der Waals surface area contributed by atoms with E-state index in [4.69, 9.17) is 23.2 Å². The van der Waals surface area contributed by atoms with Crippen molar-refractivity contribution in [3.05, 3.63) is 13.2 Å². The first kappa shape index (κ1) is 9.01. The van der Waals surface area contributed by atoms with E-state index >= 15 is 0 Å². The monoisotopic (exact) mass is 112 g/mol. The third kappa shape index (κ3) is 227. The second-order valence-electron chi connectivity index (χ2n) is 0.101. The summed E-state index contributed by atoms with van der Waals surface area (Å²) >= 11 is 9.53. The van der Waals surface area contributed by atoms with Crippen LogP contribution in [0.3, 0.4) is 0 Å². The Hall–Kier alpha value is 0.320. The normalized spacial score (nSPS) is 4.40. The van der Waals surface area contributed by atoms with Gasteiger partial charge in [-0.25, -0.2) is 0 Å². The second kappa shape index (κ2) is 27.3. The first-order chi connectivity index (χ1) is 2.41. The predicted molar refractivity (Wildman–Crippen MR) is 27.8 cm³/mol. The highest BCUT2D eigenvalue weighted by atomic mass is 35.5. The van der Waals surface area contributed by atoms with Gasteiger partial charge in [-0.2, -0.15) is 0 Å². The second-order valence-corrected chi connectivity index (χ2v) is 0.909. The Morgan fingerprint density at radius 1 is 1.20 bits per heavy atom. The van der Waals surface area contributed by atoms with Gasteiger partial charge >= 0.3 is 0 Å². The van der Waals surface area contributed by atoms with Crippen molar-refractivity contribution in [2.75, 3.05) is 5.34 Å². The van der Waals surface area contributed by atoms with E-state index in [9.17, 15) is 0 Å². The SMILES string of the molecule is C=C.ClCCl. The summed E-state index contributed by atoms with van der Waals surface area (Å²) in [4.78, 5) is 0. The summed E-state index contributed by atoms with van der Waals surface area (Å²) in [6.07, 6.45) is 0. The van der Waals surface area contributed by atoms with Crippen LogP contribution >= 0.6 is 23.2 Å². The molecule has 0 aromatic rings. The van der Waals surface area contributed by atoms with E-state index in [2.05, 4.69) is 13.2 Å². The molecule has 0 rings (SSSR count). The van der Waals surface area contributed by atoms with Gasteiger partial charge in [-0.1, -0.05) is 0 Å². The van der Waals surface area contributed by atoms with Crippen LogP contribution in [0.5, 0.6) is 0 Å². The molecule has 0 saturated heterocycles. The number of hydrogen-bond acceptors (Lipinski definition) is 0. The Kier molecular flexibility index (Phi) is 49.2. The Balaban J connectivity index is 0. The van der Waals surface area contributed by atoms with Crippen molar-refractivity contribution in [2.24, 2.45) is 0 Å². The summed E-state index contributed by atoms with van der Waals surface area (Å²) in [5, 5.41) is 0.194. The smallest absolute Gasteiger partial charge is 0.0967 e. The van der Waals surface area contributed by atoms with Crippen molar-refractivity contribution in [3.8, 4) is 0 Å². The minimum Gasteiger partial charge on any atom is -0.109 e. The lowest BCUT2D eigenvalue weighted by Gasteiger charge is -1.42. The summed E-state index contributed by atoms with van der Waals surface area (Å²) in [5.41, 5.74) is 0. The highest BCUT2D eigenvalue weighted by molar-refractivity contribution is 6.40. The summed E-state index contributed by atoms with van der Waals surface area (Å²) in [6, 6.07) is 0. The van der Waals surface area contributed by atoms with Crippen molar-refractivity contribution < 1.29 is 0 Å². The van der Waals surface area contributed by atoms with Gasteiger partial charge in [-0.15, -0.1) is 36.4 Å². The van der Waals surface area contributed by atoms with Crippen LogP contribution in [0.4, 0.5) is 0 Å². The Bertz CT molecular complexity index is 8.85. The lowest BCUT2D eigenvalue weighted by molar-refractivity contribution is 2.20. The van der Waals surface area contributed by atoms with Gasteiger partial charge in [0.2, 0.25) is 0 Å². The predicted octanol–water partition coefficient (Wildman–Crippen LogP) is 2.22. The van der Waals surface area contributed by atoms with E-state index in [0.29, 0.717) is 0 Å². The van der Waals surface area contributed by atoms with Gasteiger partial charge in [0.15, 0.2) is 0 Å². The van der Waals surface area contributed by atoms with Gasteiger partial charge in [0.05, 0.1) is 5.34 Å². The van der Waals surface area contributed by atoms with Gasteiger partial charge in [-0.3, -0.25) is 0 Å². The molecule has 0 aliphatic rings. The molecule has 0 aliphatic carbocycles. The van der Waals surface area contributed by atoms with Crippen molar-refractivity contribution in [2.45, 2.75) is 0 Å². The molecule has 0 aromatic carbocycles. The summed E-state index contributed by atoms with van der Waals surface area (Å²) < 4.78 is 0. The van der Waals surface area contributed by atoms with Crippen LogP contribution in [0, 0.1) is 0 Å². The van der Waals surface area contributed by atoms with Crippen LogP contribution in [-0.4, -0.2) is 5.34 Å². The molecule has 0 unspecified atom stereocenters. The van der Waals surface area contributed by atoms with E-state index in [1.807, 2.05) is 0 Å². The molecule has 0 N–H and O–H groups in total. The summed E-state index contributed by atoms with van der Waals surface area (Å²) in [5.74, 6) is 0. The van der Waals surface area contributed by atoms with E-state index in [-0.39, 0.29) is 5.34 Å². The largest absolute Gasteiger partial charge is 0.109 e. The highest BCUT2D eigenvalue weighted by Crippen LogP contribution is 1.73. The average Bonchev–Trinajstić information content (AvgIpc) is 1.46. The molecule has 0 aliphatic heterocycles. The molecule has 0 nitrogen and oxygen atoms in total. The molecule has 0 fully saturated rings. The molecule has 5 heavy (non-hydrogen) atoms. The number of alkyl halides is 2. The fourth-order valence-electron chi connectivity index (χ4n) is 0. The van der Waals surface area contributed by atoms with Crippen LogP contribution < -0.4 is 0 Å².